The van der Waals surface area contributed by atoms with Crippen molar-refractivity contribution in [3.8, 4) is 0 Å². The van der Waals surface area contributed by atoms with E-state index in [1.165, 1.54) is 18.4 Å². The summed E-state index contributed by atoms with van der Waals surface area (Å²) in [4.78, 5) is 14.8. The van der Waals surface area contributed by atoms with E-state index in [0.29, 0.717) is 17.9 Å². The average molecular weight is 329 g/mol. The van der Waals surface area contributed by atoms with Gasteiger partial charge in [0.2, 0.25) is 5.91 Å². The zero-order chi connectivity index (χ0) is 17.1. The van der Waals surface area contributed by atoms with Crippen molar-refractivity contribution in [1.82, 2.24) is 10.2 Å². The Labute approximate surface area is 145 Å². The van der Waals surface area contributed by atoms with Crippen LogP contribution in [0.4, 0.5) is 0 Å². The van der Waals surface area contributed by atoms with Gasteiger partial charge in [0, 0.05) is 25.2 Å². The largest absolute Gasteiger partial charge is 0.356 e. The van der Waals surface area contributed by atoms with Gasteiger partial charge in [-0.1, -0.05) is 30.3 Å². The van der Waals surface area contributed by atoms with E-state index in [2.05, 4.69) is 48.5 Å². The third kappa shape index (κ3) is 3.81. The van der Waals surface area contributed by atoms with Gasteiger partial charge in [-0.3, -0.25) is 9.69 Å². The third-order valence-electron chi connectivity index (χ3n) is 6.17. The highest BCUT2D eigenvalue weighted by Crippen LogP contribution is 2.47. The Morgan fingerprint density at radius 3 is 2.67 bits per heavy atom. The second kappa shape index (κ2) is 7.66. The fraction of sp³-hybridized carbons (Fsp3) is 0.650. The summed E-state index contributed by atoms with van der Waals surface area (Å²) in [6.07, 6.45) is 4.53. The molecule has 1 aromatic rings. The lowest BCUT2D eigenvalue weighted by Gasteiger charge is -2.28. The van der Waals surface area contributed by atoms with Gasteiger partial charge in [0.05, 0.1) is 5.92 Å². The van der Waals surface area contributed by atoms with Crippen molar-refractivity contribution in [2.75, 3.05) is 13.6 Å². The van der Waals surface area contributed by atoms with Crippen LogP contribution in [-0.2, 0) is 11.3 Å². The smallest absolute Gasteiger partial charge is 0.224 e. The number of carbonyl (C=O) groups excluding carboxylic acids is 1. The standard InChI is InChI=1S/C20H31N3O/c1-14(23(2)13-15-6-4-3-5-7-15)10-11-22-20(24)18-16-8-9-17(12-16)19(18)21/h3-7,14,16-19H,8-13,21H2,1-2H3,(H,22,24). The minimum Gasteiger partial charge on any atom is -0.356 e. The molecule has 1 aromatic carbocycles. The van der Waals surface area contributed by atoms with Crippen LogP contribution in [0.15, 0.2) is 30.3 Å². The number of hydrogen-bond donors (Lipinski definition) is 2. The summed E-state index contributed by atoms with van der Waals surface area (Å²) >= 11 is 0. The lowest BCUT2D eigenvalue weighted by molar-refractivity contribution is -0.127. The predicted molar refractivity (Wildman–Crippen MR) is 97.3 cm³/mol. The minimum atomic E-state index is 0.0566. The van der Waals surface area contributed by atoms with E-state index in [-0.39, 0.29) is 17.9 Å². The molecule has 5 unspecified atom stereocenters. The van der Waals surface area contributed by atoms with Crippen molar-refractivity contribution in [1.29, 1.82) is 0 Å². The molecule has 24 heavy (non-hydrogen) atoms. The first-order chi connectivity index (χ1) is 11.6. The number of amides is 1. The van der Waals surface area contributed by atoms with E-state index < -0.39 is 0 Å². The van der Waals surface area contributed by atoms with Gasteiger partial charge in [-0.25, -0.2) is 0 Å². The van der Waals surface area contributed by atoms with Crippen LogP contribution in [0.5, 0.6) is 0 Å². The topological polar surface area (TPSA) is 58.4 Å². The molecule has 0 aromatic heterocycles. The van der Waals surface area contributed by atoms with Crippen LogP contribution in [0.3, 0.4) is 0 Å². The van der Waals surface area contributed by atoms with Crippen molar-refractivity contribution in [2.24, 2.45) is 23.5 Å². The van der Waals surface area contributed by atoms with E-state index in [4.69, 9.17) is 5.73 Å². The quantitative estimate of drug-likeness (QED) is 0.807. The van der Waals surface area contributed by atoms with Gasteiger partial charge >= 0.3 is 0 Å². The fourth-order valence-electron chi connectivity index (χ4n) is 4.49. The first-order valence-corrected chi connectivity index (χ1v) is 9.33. The molecule has 4 nitrogen and oxygen atoms in total. The van der Waals surface area contributed by atoms with Gasteiger partial charge in [0.1, 0.15) is 0 Å². The zero-order valence-corrected chi connectivity index (χ0v) is 14.9. The van der Waals surface area contributed by atoms with Gasteiger partial charge in [-0.05, 0) is 57.1 Å². The number of rotatable bonds is 7. The normalized spacial score (nSPS) is 29.8. The maximum Gasteiger partial charge on any atom is 0.224 e. The van der Waals surface area contributed by atoms with Gasteiger partial charge in [-0.2, -0.15) is 0 Å². The third-order valence-corrected chi connectivity index (χ3v) is 6.17. The van der Waals surface area contributed by atoms with E-state index in [9.17, 15) is 4.79 Å². The van der Waals surface area contributed by atoms with E-state index in [1.807, 2.05) is 6.07 Å². The number of hydrogen-bond acceptors (Lipinski definition) is 3. The van der Waals surface area contributed by atoms with Crippen molar-refractivity contribution in [3.63, 3.8) is 0 Å². The van der Waals surface area contributed by atoms with Crippen LogP contribution in [0, 0.1) is 17.8 Å². The molecule has 5 atom stereocenters. The molecule has 2 fully saturated rings. The Bertz CT molecular complexity index is 545. The van der Waals surface area contributed by atoms with Crippen LogP contribution >= 0.6 is 0 Å². The molecule has 0 saturated heterocycles. The van der Waals surface area contributed by atoms with E-state index >= 15 is 0 Å². The molecule has 132 valence electrons. The molecule has 3 N–H and O–H groups in total. The number of fused-ring (bicyclic) bond motifs is 2. The SMILES string of the molecule is CC(CCNC(=O)C1C2CCC(C2)C1N)N(C)Cc1ccccc1. The highest BCUT2D eigenvalue weighted by atomic mass is 16.1. The molecule has 4 heteroatoms. The van der Waals surface area contributed by atoms with Gasteiger partial charge in [-0.15, -0.1) is 0 Å². The Morgan fingerprint density at radius 2 is 2.00 bits per heavy atom. The van der Waals surface area contributed by atoms with Crippen molar-refractivity contribution in [2.45, 2.75) is 51.2 Å². The first-order valence-electron chi connectivity index (χ1n) is 9.33. The molecule has 2 bridgehead atoms. The highest BCUT2D eigenvalue weighted by Gasteiger charge is 2.48. The van der Waals surface area contributed by atoms with E-state index in [0.717, 1.165) is 25.9 Å². The molecule has 0 radical (unpaired) electrons. The molecule has 0 aliphatic heterocycles. The molecular formula is C20H31N3O. The van der Waals surface area contributed by atoms with Crippen LogP contribution in [0.1, 0.15) is 38.2 Å². The van der Waals surface area contributed by atoms with Crippen molar-refractivity contribution in [3.05, 3.63) is 35.9 Å². The lowest BCUT2D eigenvalue weighted by atomic mass is 9.84. The summed E-state index contributed by atoms with van der Waals surface area (Å²) in [5.74, 6) is 1.36. The lowest BCUT2D eigenvalue weighted by Crippen LogP contribution is -2.46. The Balaban J connectivity index is 1.40. The number of benzene rings is 1. The number of nitrogens with zero attached hydrogens (tertiary/aromatic N) is 1. The van der Waals surface area contributed by atoms with Crippen LogP contribution in [0.2, 0.25) is 0 Å². The molecular weight excluding hydrogens is 298 g/mol. The number of nitrogens with one attached hydrogen (secondary N) is 1. The number of carbonyl (C=O) groups is 1. The predicted octanol–water partition coefficient (Wildman–Crippen LogP) is 2.39. The molecule has 2 aliphatic carbocycles. The maximum absolute atomic E-state index is 12.5. The summed E-state index contributed by atoms with van der Waals surface area (Å²) < 4.78 is 0. The van der Waals surface area contributed by atoms with Crippen LogP contribution < -0.4 is 11.1 Å². The fourth-order valence-corrected chi connectivity index (χ4v) is 4.49. The maximum atomic E-state index is 12.5. The zero-order valence-electron chi connectivity index (χ0n) is 14.9. The minimum absolute atomic E-state index is 0.0566. The second-order valence-corrected chi connectivity index (χ2v) is 7.77. The molecule has 2 saturated carbocycles. The van der Waals surface area contributed by atoms with Crippen molar-refractivity contribution < 1.29 is 4.79 Å². The van der Waals surface area contributed by atoms with Crippen LogP contribution in [0.25, 0.3) is 0 Å². The van der Waals surface area contributed by atoms with E-state index in [1.54, 1.807) is 0 Å². The molecule has 1 amide bonds. The summed E-state index contributed by atoms with van der Waals surface area (Å²) in [6.45, 7) is 3.89. The Kier molecular flexibility index (Phi) is 5.57. The summed E-state index contributed by atoms with van der Waals surface area (Å²) in [6, 6.07) is 11.0. The van der Waals surface area contributed by atoms with Crippen LogP contribution in [-0.4, -0.2) is 36.5 Å². The molecule has 3 rings (SSSR count). The second-order valence-electron chi connectivity index (χ2n) is 7.77. The summed E-state index contributed by atoms with van der Waals surface area (Å²) in [5.41, 5.74) is 7.58. The van der Waals surface area contributed by atoms with Gasteiger partial charge in [0.15, 0.2) is 0 Å². The van der Waals surface area contributed by atoms with Gasteiger partial charge < -0.3 is 11.1 Å². The van der Waals surface area contributed by atoms with Gasteiger partial charge in [0.25, 0.3) is 0 Å². The molecule has 0 heterocycles. The number of nitrogens with two attached hydrogens (primary N) is 1. The summed E-state index contributed by atoms with van der Waals surface area (Å²) in [7, 11) is 2.14. The Hall–Kier alpha value is -1.39. The average Bonchev–Trinajstić information content (AvgIpc) is 3.16. The molecule has 2 aliphatic rings. The van der Waals surface area contributed by atoms with Crippen molar-refractivity contribution >= 4 is 5.91 Å². The Morgan fingerprint density at radius 1 is 1.29 bits per heavy atom. The first kappa shape index (κ1) is 17.4. The summed E-state index contributed by atoms with van der Waals surface area (Å²) in [5, 5.41) is 3.14. The highest BCUT2D eigenvalue weighted by molar-refractivity contribution is 5.80. The molecule has 0 spiro atoms. The monoisotopic (exact) mass is 329 g/mol.